The van der Waals surface area contributed by atoms with E-state index in [0.717, 1.165) is 6.42 Å². The highest BCUT2D eigenvalue weighted by molar-refractivity contribution is 4.59. The standard InChI is InChI=1S/C6H18N3.BrH/c1-5-6(7,8)9(2,3)4;/h5,7-8H2,1-4H3;1H/q+1;/p-1. The molecule has 0 amide bonds. The van der Waals surface area contributed by atoms with Crippen LogP contribution in [0.4, 0.5) is 0 Å². The van der Waals surface area contributed by atoms with Gasteiger partial charge in [0.05, 0.1) is 21.1 Å². The summed E-state index contributed by atoms with van der Waals surface area (Å²) in [6.07, 6.45) is 0.788. The molecule has 64 valence electrons. The number of quaternary nitrogens is 1. The van der Waals surface area contributed by atoms with Crippen molar-refractivity contribution in [3.63, 3.8) is 0 Å². The molecule has 0 atom stereocenters. The summed E-state index contributed by atoms with van der Waals surface area (Å²) in [7, 11) is 5.97. The van der Waals surface area contributed by atoms with Gasteiger partial charge in [0.15, 0.2) is 0 Å². The predicted molar refractivity (Wildman–Crippen MR) is 39.4 cm³/mol. The van der Waals surface area contributed by atoms with Crippen molar-refractivity contribution in [1.82, 2.24) is 0 Å². The molecule has 0 aliphatic rings. The Kier molecular flexibility index (Phi) is 4.76. The number of nitrogens with two attached hydrogens (primary N) is 2. The molecule has 4 N–H and O–H groups in total. The van der Waals surface area contributed by atoms with E-state index >= 15 is 0 Å². The second kappa shape index (κ2) is 3.67. The van der Waals surface area contributed by atoms with Crippen molar-refractivity contribution >= 4 is 0 Å². The van der Waals surface area contributed by atoms with Gasteiger partial charge in [0, 0.05) is 6.42 Å². The van der Waals surface area contributed by atoms with Crippen LogP contribution in [-0.2, 0) is 0 Å². The minimum atomic E-state index is -0.583. The van der Waals surface area contributed by atoms with E-state index in [2.05, 4.69) is 0 Å². The van der Waals surface area contributed by atoms with Gasteiger partial charge in [-0.3, -0.25) is 11.5 Å². The summed E-state index contributed by atoms with van der Waals surface area (Å²) < 4.78 is 0.601. The van der Waals surface area contributed by atoms with Gasteiger partial charge in [0.2, 0.25) is 5.79 Å². The second-order valence-electron chi connectivity index (χ2n) is 3.36. The molecular weight excluding hydrogens is 194 g/mol. The van der Waals surface area contributed by atoms with Crippen molar-refractivity contribution in [2.45, 2.75) is 19.1 Å². The topological polar surface area (TPSA) is 52.0 Å². The van der Waals surface area contributed by atoms with Crippen LogP contribution in [0.25, 0.3) is 0 Å². The Morgan fingerprint density at radius 2 is 1.50 bits per heavy atom. The fraction of sp³-hybridized carbons (Fsp3) is 1.00. The van der Waals surface area contributed by atoms with Gasteiger partial charge >= 0.3 is 0 Å². The molecule has 0 aromatic rings. The van der Waals surface area contributed by atoms with E-state index in [1.807, 2.05) is 28.1 Å². The zero-order chi connectivity index (χ0) is 7.71. The van der Waals surface area contributed by atoms with Crippen LogP contribution < -0.4 is 28.4 Å². The van der Waals surface area contributed by atoms with Crippen molar-refractivity contribution in [2.24, 2.45) is 11.5 Å². The summed E-state index contributed by atoms with van der Waals surface area (Å²) in [4.78, 5) is 0. The third-order valence-electron chi connectivity index (χ3n) is 1.82. The molecule has 0 aliphatic heterocycles. The molecular formula is C6H18BrN3. The number of rotatable bonds is 2. The minimum absolute atomic E-state index is 0. The van der Waals surface area contributed by atoms with E-state index in [4.69, 9.17) is 11.5 Å². The average molecular weight is 212 g/mol. The monoisotopic (exact) mass is 211 g/mol. The first-order valence-electron chi connectivity index (χ1n) is 3.20. The van der Waals surface area contributed by atoms with E-state index < -0.39 is 5.79 Å². The van der Waals surface area contributed by atoms with Gasteiger partial charge in [0.25, 0.3) is 0 Å². The Labute approximate surface area is 73.7 Å². The molecule has 0 aromatic carbocycles. The summed E-state index contributed by atoms with van der Waals surface area (Å²) >= 11 is 0. The predicted octanol–water partition coefficient (Wildman–Crippen LogP) is -3.32. The first-order chi connectivity index (χ1) is 3.81. The third kappa shape index (κ3) is 2.96. The van der Waals surface area contributed by atoms with Gasteiger partial charge in [0.1, 0.15) is 0 Å². The van der Waals surface area contributed by atoms with Gasteiger partial charge in [-0.2, -0.15) is 0 Å². The first kappa shape index (κ1) is 13.0. The van der Waals surface area contributed by atoms with Crippen molar-refractivity contribution in [2.75, 3.05) is 21.1 Å². The molecule has 0 aromatic heterocycles. The second-order valence-corrected chi connectivity index (χ2v) is 3.36. The quantitative estimate of drug-likeness (QED) is 0.372. The molecule has 0 saturated carbocycles. The largest absolute Gasteiger partial charge is 1.00 e. The summed E-state index contributed by atoms with van der Waals surface area (Å²) in [6, 6.07) is 0. The lowest BCUT2D eigenvalue weighted by molar-refractivity contribution is -0.924. The lowest BCUT2D eigenvalue weighted by atomic mass is 10.2. The van der Waals surface area contributed by atoms with Gasteiger partial charge in [-0.05, 0) is 0 Å². The third-order valence-corrected chi connectivity index (χ3v) is 1.82. The van der Waals surface area contributed by atoms with Gasteiger partial charge < -0.3 is 21.5 Å². The summed E-state index contributed by atoms with van der Waals surface area (Å²) in [5.74, 6) is -0.583. The lowest BCUT2D eigenvalue weighted by Gasteiger charge is -2.39. The molecule has 0 rings (SSSR count). The summed E-state index contributed by atoms with van der Waals surface area (Å²) in [5.41, 5.74) is 11.5. The smallest absolute Gasteiger partial charge is 0.204 e. The first-order valence-corrected chi connectivity index (χ1v) is 3.20. The zero-order valence-corrected chi connectivity index (χ0v) is 8.77. The van der Waals surface area contributed by atoms with Crippen LogP contribution in [0.15, 0.2) is 0 Å². The Balaban J connectivity index is 0. The van der Waals surface area contributed by atoms with Crippen LogP contribution >= 0.6 is 0 Å². The maximum absolute atomic E-state index is 5.74. The van der Waals surface area contributed by atoms with Crippen LogP contribution in [0, 0.1) is 0 Å². The Hall–Kier alpha value is 0.360. The van der Waals surface area contributed by atoms with Gasteiger partial charge in [-0.1, -0.05) is 6.92 Å². The summed E-state index contributed by atoms with van der Waals surface area (Å²) in [6.45, 7) is 1.99. The van der Waals surface area contributed by atoms with Gasteiger partial charge in [-0.25, -0.2) is 0 Å². The van der Waals surface area contributed by atoms with Crippen LogP contribution in [0.2, 0.25) is 0 Å². The summed E-state index contributed by atoms with van der Waals surface area (Å²) in [5, 5.41) is 0. The minimum Gasteiger partial charge on any atom is -1.00 e. The normalized spacial score (nSPS) is 12.6. The van der Waals surface area contributed by atoms with E-state index in [9.17, 15) is 0 Å². The number of halogens is 1. The van der Waals surface area contributed by atoms with E-state index in [1.165, 1.54) is 0 Å². The molecule has 0 heterocycles. The van der Waals surface area contributed by atoms with Crippen molar-refractivity contribution < 1.29 is 21.5 Å². The van der Waals surface area contributed by atoms with E-state index in [-0.39, 0.29) is 17.0 Å². The molecule has 0 bridgehead atoms. The fourth-order valence-corrected chi connectivity index (χ4v) is 0.474. The van der Waals surface area contributed by atoms with E-state index in [1.54, 1.807) is 0 Å². The van der Waals surface area contributed by atoms with Crippen LogP contribution in [0.1, 0.15) is 13.3 Å². The Morgan fingerprint density at radius 1 is 1.20 bits per heavy atom. The number of hydrogen-bond acceptors (Lipinski definition) is 2. The van der Waals surface area contributed by atoms with Crippen molar-refractivity contribution in [3.05, 3.63) is 0 Å². The molecule has 0 unspecified atom stereocenters. The van der Waals surface area contributed by atoms with Crippen LogP contribution in [0.5, 0.6) is 0 Å². The fourth-order valence-electron chi connectivity index (χ4n) is 0.474. The lowest BCUT2D eigenvalue weighted by Crippen LogP contribution is -3.00. The molecule has 0 saturated heterocycles. The molecule has 10 heavy (non-hydrogen) atoms. The Bertz CT molecular complexity index is 95.7. The zero-order valence-electron chi connectivity index (χ0n) is 7.19. The average Bonchev–Trinajstić information content (AvgIpc) is 1.64. The SMILES string of the molecule is CCC(N)(N)[N+](C)(C)C.[Br-]. The number of nitrogens with zero attached hydrogens (tertiary/aromatic N) is 1. The van der Waals surface area contributed by atoms with Crippen LogP contribution in [0.3, 0.4) is 0 Å². The molecule has 3 nitrogen and oxygen atoms in total. The molecule has 0 aliphatic carbocycles. The highest BCUT2D eigenvalue weighted by Crippen LogP contribution is 2.07. The van der Waals surface area contributed by atoms with E-state index in [0.29, 0.717) is 4.48 Å². The number of hydrogen-bond donors (Lipinski definition) is 2. The van der Waals surface area contributed by atoms with Crippen LogP contribution in [-0.4, -0.2) is 31.4 Å². The van der Waals surface area contributed by atoms with Gasteiger partial charge in [-0.15, -0.1) is 0 Å². The molecule has 4 heteroatoms. The highest BCUT2D eigenvalue weighted by Gasteiger charge is 2.31. The highest BCUT2D eigenvalue weighted by atomic mass is 79.9. The maximum atomic E-state index is 5.74. The van der Waals surface area contributed by atoms with Crippen molar-refractivity contribution in [1.29, 1.82) is 0 Å². The molecule has 0 fully saturated rings. The molecule has 0 spiro atoms. The Morgan fingerprint density at radius 3 is 1.50 bits per heavy atom. The maximum Gasteiger partial charge on any atom is 0.204 e. The van der Waals surface area contributed by atoms with Crippen molar-refractivity contribution in [3.8, 4) is 0 Å². The molecule has 0 radical (unpaired) electrons.